The third-order valence-corrected chi connectivity index (χ3v) is 3.32. The zero-order valence-electron chi connectivity index (χ0n) is 10.0. The number of aromatic nitrogens is 1. The van der Waals surface area contributed by atoms with Crippen LogP contribution in [0.25, 0.3) is 10.6 Å². The highest BCUT2D eigenvalue weighted by Crippen LogP contribution is 2.32. The number of esters is 1. The maximum Gasteiger partial charge on any atom is 0.349 e. The Hall–Kier alpha value is -2.28. The summed E-state index contributed by atoms with van der Waals surface area (Å²) in [4.78, 5) is 26.4. The normalized spacial score (nSPS) is 10.2. The van der Waals surface area contributed by atoms with Gasteiger partial charge in [0.15, 0.2) is 0 Å². The van der Waals surface area contributed by atoms with Crippen molar-refractivity contribution in [3.8, 4) is 10.6 Å². The van der Waals surface area contributed by atoms with Crippen LogP contribution in [0.1, 0.15) is 16.6 Å². The Balaban J connectivity index is 2.38. The number of nitrogens with zero attached hydrogens (tertiary/aromatic N) is 2. The van der Waals surface area contributed by atoms with Crippen molar-refractivity contribution < 1.29 is 14.5 Å². The number of ether oxygens (including phenoxy) is 1. The van der Waals surface area contributed by atoms with E-state index in [9.17, 15) is 14.9 Å². The van der Waals surface area contributed by atoms with Crippen molar-refractivity contribution in [3.05, 3.63) is 45.5 Å². The van der Waals surface area contributed by atoms with Crippen molar-refractivity contribution in [3.63, 3.8) is 0 Å². The maximum absolute atomic E-state index is 11.5. The van der Waals surface area contributed by atoms with Gasteiger partial charge < -0.3 is 4.74 Å². The van der Waals surface area contributed by atoms with Crippen molar-refractivity contribution in [2.75, 3.05) is 6.61 Å². The highest BCUT2D eigenvalue weighted by Gasteiger charge is 2.19. The summed E-state index contributed by atoms with van der Waals surface area (Å²) in [5, 5.41) is 11.4. The summed E-state index contributed by atoms with van der Waals surface area (Å²) >= 11 is 1.08. The van der Waals surface area contributed by atoms with E-state index in [0.717, 1.165) is 11.3 Å². The summed E-state index contributed by atoms with van der Waals surface area (Å²) in [6, 6.07) is 6.28. The number of nitro groups is 1. The van der Waals surface area contributed by atoms with Gasteiger partial charge >= 0.3 is 5.97 Å². The van der Waals surface area contributed by atoms with Crippen molar-refractivity contribution in [2.24, 2.45) is 0 Å². The third kappa shape index (κ3) is 2.76. The first-order chi connectivity index (χ1) is 9.13. The molecule has 6 nitrogen and oxygen atoms in total. The fraction of sp³-hybridized carbons (Fsp3) is 0.167. The number of para-hydroxylation sites is 1. The van der Waals surface area contributed by atoms with Crippen LogP contribution in [0.3, 0.4) is 0 Å². The van der Waals surface area contributed by atoms with Crippen LogP contribution in [-0.4, -0.2) is 22.5 Å². The summed E-state index contributed by atoms with van der Waals surface area (Å²) in [5.41, 5.74) is 0.361. The molecular formula is C12H10N2O4S. The number of thiazole rings is 1. The van der Waals surface area contributed by atoms with Gasteiger partial charge in [-0.25, -0.2) is 9.78 Å². The molecule has 1 heterocycles. The Morgan fingerprint density at radius 3 is 2.89 bits per heavy atom. The number of carbonyl (C=O) groups is 1. The summed E-state index contributed by atoms with van der Waals surface area (Å²) in [7, 11) is 0. The Labute approximate surface area is 112 Å². The highest BCUT2D eigenvalue weighted by atomic mass is 32.1. The molecule has 0 aliphatic carbocycles. The SMILES string of the molecule is CCOC(=O)c1cnc(-c2ccccc2[N+](=O)[O-])s1. The van der Waals surface area contributed by atoms with Gasteiger partial charge in [0.05, 0.1) is 23.3 Å². The Kier molecular flexibility index (Phi) is 3.86. The summed E-state index contributed by atoms with van der Waals surface area (Å²) in [6.45, 7) is 1.99. The highest BCUT2D eigenvalue weighted by molar-refractivity contribution is 7.16. The Bertz CT molecular complexity index is 624. The first kappa shape index (κ1) is 13.2. The van der Waals surface area contributed by atoms with Crippen LogP contribution in [0.2, 0.25) is 0 Å². The van der Waals surface area contributed by atoms with E-state index >= 15 is 0 Å². The minimum absolute atomic E-state index is 0.0349. The molecule has 0 radical (unpaired) electrons. The molecule has 98 valence electrons. The molecule has 0 aliphatic rings. The lowest BCUT2D eigenvalue weighted by molar-refractivity contribution is -0.384. The van der Waals surface area contributed by atoms with E-state index in [2.05, 4.69) is 4.98 Å². The van der Waals surface area contributed by atoms with Crippen LogP contribution in [-0.2, 0) is 4.74 Å². The third-order valence-electron chi connectivity index (χ3n) is 2.31. The topological polar surface area (TPSA) is 82.3 Å². The molecule has 7 heteroatoms. The van der Waals surface area contributed by atoms with Crippen LogP contribution >= 0.6 is 11.3 Å². The molecule has 2 aromatic rings. The van der Waals surface area contributed by atoms with Gasteiger partial charge in [-0.3, -0.25) is 10.1 Å². The average Bonchev–Trinajstić information content (AvgIpc) is 2.88. The van der Waals surface area contributed by atoms with Gasteiger partial charge in [0, 0.05) is 6.07 Å². The first-order valence-corrected chi connectivity index (χ1v) is 6.32. The molecule has 0 N–H and O–H groups in total. The standard InChI is InChI=1S/C12H10N2O4S/c1-2-18-12(15)10-7-13-11(19-10)8-5-3-4-6-9(8)14(16)17/h3-7H,2H2,1H3. The number of benzene rings is 1. The lowest BCUT2D eigenvalue weighted by Gasteiger charge is -1.98. The van der Waals surface area contributed by atoms with Crippen molar-refractivity contribution in [2.45, 2.75) is 6.92 Å². The van der Waals surface area contributed by atoms with Gasteiger partial charge in [0.2, 0.25) is 0 Å². The molecule has 1 aromatic carbocycles. The van der Waals surface area contributed by atoms with Crippen LogP contribution in [0.5, 0.6) is 0 Å². The number of nitro benzene ring substituents is 1. The van der Waals surface area contributed by atoms with E-state index < -0.39 is 10.9 Å². The van der Waals surface area contributed by atoms with Crippen LogP contribution in [0.4, 0.5) is 5.69 Å². The van der Waals surface area contributed by atoms with Crippen molar-refractivity contribution >= 4 is 23.0 Å². The van der Waals surface area contributed by atoms with E-state index in [1.54, 1.807) is 25.1 Å². The zero-order chi connectivity index (χ0) is 13.8. The van der Waals surface area contributed by atoms with Gasteiger partial charge in [0.25, 0.3) is 5.69 Å². The molecule has 0 atom stereocenters. The molecule has 0 saturated carbocycles. The van der Waals surface area contributed by atoms with E-state index in [1.165, 1.54) is 12.3 Å². The van der Waals surface area contributed by atoms with Crippen LogP contribution in [0.15, 0.2) is 30.5 Å². The molecule has 1 aromatic heterocycles. The van der Waals surface area contributed by atoms with E-state index in [4.69, 9.17) is 4.74 Å². The second-order valence-corrected chi connectivity index (χ2v) is 4.56. The monoisotopic (exact) mass is 278 g/mol. The smallest absolute Gasteiger partial charge is 0.349 e. The molecule has 0 unspecified atom stereocenters. The van der Waals surface area contributed by atoms with Gasteiger partial charge in [-0.05, 0) is 13.0 Å². The molecule has 0 fully saturated rings. The average molecular weight is 278 g/mol. The largest absolute Gasteiger partial charge is 0.462 e. The molecule has 19 heavy (non-hydrogen) atoms. The maximum atomic E-state index is 11.5. The van der Waals surface area contributed by atoms with Crippen LogP contribution < -0.4 is 0 Å². The Morgan fingerprint density at radius 1 is 1.47 bits per heavy atom. The zero-order valence-corrected chi connectivity index (χ0v) is 10.8. The van der Waals surface area contributed by atoms with Crippen molar-refractivity contribution in [1.82, 2.24) is 4.98 Å². The summed E-state index contributed by atoms with van der Waals surface area (Å²) in [6.07, 6.45) is 1.37. The molecular weight excluding hydrogens is 268 g/mol. The van der Waals surface area contributed by atoms with Gasteiger partial charge in [-0.1, -0.05) is 12.1 Å². The number of hydrogen-bond acceptors (Lipinski definition) is 6. The number of carbonyl (C=O) groups excluding carboxylic acids is 1. The fourth-order valence-electron chi connectivity index (χ4n) is 1.51. The minimum Gasteiger partial charge on any atom is -0.462 e. The molecule has 0 bridgehead atoms. The molecule has 0 saturated heterocycles. The van der Waals surface area contributed by atoms with E-state index in [-0.39, 0.29) is 12.3 Å². The van der Waals surface area contributed by atoms with E-state index in [1.807, 2.05) is 0 Å². The van der Waals surface area contributed by atoms with Gasteiger partial charge in [0.1, 0.15) is 9.88 Å². The molecule has 0 spiro atoms. The second-order valence-electron chi connectivity index (χ2n) is 3.52. The quantitative estimate of drug-likeness (QED) is 0.488. The summed E-state index contributed by atoms with van der Waals surface area (Å²) in [5.74, 6) is -0.468. The molecule has 0 aliphatic heterocycles. The number of rotatable bonds is 4. The minimum atomic E-state index is -0.471. The fourth-order valence-corrected chi connectivity index (χ4v) is 2.35. The van der Waals surface area contributed by atoms with Gasteiger partial charge in [-0.15, -0.1) is 11.3 Å². The lowest BCUT2D eigenvalue weighted by atomic mass is 10.2. The lowest BCUT2D eigenvalue weighted by Crippen LogP contribution is -2.01. The first-order valence-electron chi connectivity index (χ1n) is 5.50. The predicted octanol–water partition coefficient (Wildman–Crippen LogP) is 2.90. The predicted molar refractivity (Wildman–Crippen MR) is 70.2 cm³/mol. The number of hydrogen-bond donors (Lipinski definition) is 0. The van der Waals surface area contributed by atoms with Crippen LogP contribution in [0, 0.1) is 10.1 Å². The molecule has 0 amide bonds. The van der Waals surface area contributed by atoms with Gasteiger partial charge in [-0.2, -0.15) is 0 Å². The van der Waals surface area contributed by atoms with Crippen molar-refractivity contribution in [1.29, 1.82) is 0 Å². The second kappa shape index (κ2) is 5.57. The van der Waals surface area contributed by atoms with E-state index in [0.29, 0.717) is 15.4 Å². The Morgan fingerprint density at radius 2 is 2.21 bits per heavy atom. The summed E-state index contributed by atoms with van der Waals surface area (Å²) < 4.78 is 4.85. The molecule has 2 rings (SSSR count).